The van der Waals surface area contributed by atoms with Crippen LogP contribution >= 0.6 is 0 Å². The van der Waals surface area contributed by atoms with Crippen LogP contribution in [0.25, 0.3) is 0 Å². The zero-order chi connectivity index (χ0) is 26.3. The number of benzene rings is 3. The first-order chi connectivity index (χ1) is 17.8. The zero-order valence-electron chi connectivity index (χ0n) is 21.1. The first-order valence-corrected chi connectivity index (χ1v) is 14.3. The summed E-state index contributed by atoms with van der Waals surface area (Å²) in [4.78, 5) is 14.7. The Labute approximate surface area is 219 Å². The maximum absolute atomic E-state index is 13.9. The summed E-state index contributed by atoms with van der Waals surface area (Å²) in [6.45, 7) is 3.87. The minimum absolute atomic E-state index is 0.0131. The van der Waals surface area contributed by atoms with Crippen molar-refractivity contribution in [2.24, 2.45) is 0 Å². The van der Waals surface area contributed by atoms with Crippen molar-refractivity contribution in [1.29, 1.82) is 0 Å². The van der Waals surface area contributed by atoms with Crippen LogP contribution in [0.15, 0.2) is 84.9 Å². The lowest BCUT2D eigenvalue weighted by Crippen LogP contribution is -2.51. The van der Waals surface area contributed by atoms with Crippen LogP contribution in [0, 0.1) is 5.82 Å². The van der Waals surface area contributed by atoms with Gasteiger partial charge in [0.1, 0.15) is 5.82 Å². The van der Waals surface area contributed by atoms with Crippen LogP contribution in [0.5, 0.6) is 0 Å². The molecule has 196 valence electrons. The van der Waals surface area contributed by atoms with Gasteiger partial charge in [0.2, 0.25) is 15.9 Å². The minimum atomic E-state index is -3.60. The molecule has 1 aliphatic heterocycles. The Bertz CT molecular complexity index is 1260. The van der Waals surface area contributed by atoms with Gasteiger partial charge in [-0.05, 0) is 49.1 Å². The minimum Gasteiger partial charge on any atom is -0.353 e. The van der Waals surface area contributed by atoms with Crippen molar-refractivity contribution in [3.63, 3.8) is 0 Å². The Kier molecular flexibility index (Phi) is 8.95. The van der Waals surface area contributed by atoms with Gasteiger partial charge in [0.25, 0.3) is 0 Å². The van der Waals surface area contributed by atoms with Crippen LogP contribution < -0.4 is 9.62 Å². The molecular formula is C29H34FN3O3S. The van der Waals surface area contributed by atoms with E-state index in [-0.39, 0.29) is 36.0 Å². The molecule has 0 bridgehead atoms. The molecule has 3 aromatic carbocycles. The van der Waals surface area contributed by atoms with Crippen LogP contribution in [-0.4, -0.2) is 50.9 Å². The smallest absolute Gasteiger partial charge is 0.239 e. The summed E-state index contributed by atoms with van der Waals surface area (Å²) in [5, 5.41) is 3.03. The molecule has 1 fully saturated rings. The van der Waals surface area contributed by atoms with E-state index in [0.717, 1.165) is 31.5 Å². The second-order valence-corrected chi connectivity index (χ2v) is 11.5. The molecule has 3 aromatic rings. The van der Waals surface area contributed by atoms with E-state index in [1.165, 1.54) is 10.4 Å². The van der Waals surface area contributed by atoms with Gasteiger partial charge < -0.3 is 5.32 Å². The quantitative estimate of drug-likeness (QED) is 0.428. The summed E-state index contributed by atoms with van der Waals surface area (Å²) in [6, 6.07) is 24.8. The number of halogens is 1. The van der Waals surface area contributed by atoms with E-state index in [4.69, 9.17) is 0 Å². The fourth-order valence-electron chi connectivity index (χ4n) is 4.77. The summed E-state index contributed by atoms with van der Waals surface area (Å²) in [5.74, 6) is -0.615. The molecule has 1 atom stereocenters. The molecule has 0 radical (unpaired) electrons. The molecule has 0 spiro atoms. The highest BCUT2D eigenvalue weighted by molar-refractivity contribution is 7.92. The highest BCUT2D eigenvalue weighted by Gasteiger charge is 2.29. The molecule has 1 amide bonds. The van der Waals surface area contributed by atoms with E-state index in [1.54, 1.807) is 18.2 Å². The number of hydrogen-bond acceptors (Lipinski definition) is 4. The van der Waals surface area contributed by atoms with E-state index >= 15 is 0 Å². The molecule has 0 saturated carbocycles. The number of piperidine rings is 1. The van der Waals surface area contributed by atoms with Crippen molar-refractivity contribution >= 4 is 21.6 Å². The summed E-state index contributed by atoms with van der Waals surface area (Å²) in [6.07, 6.45) is 1.54. The van der Waals surface area contributed by atoms with Gasteiger partial charge in [-0.2, -0.15) is 0 Å². The largest absolute Gasteiger partial charge is 0.353 e. The molecule has 0 aromatic heterocycles. The fourth-order valence-corrected chi connectivity index (χ4v) is 6.43. The van der Waals surface area contributed by atoms with Crippen molar-refractivity contribution in [2.45, 2.75) is 44.0 Å². The number of nitrogens with one attached hydrogen (secondary N) is 1. The average molecular weight is 524 g/mol. The Morgan fingerprint density at radius 1 is 0.973 bits per heavy atom. The summed E-state index contributed by atoms with van der Waals surface area (Å²) >= 11 is 0. The van der Waals surface area contributed by atoms with Gasteiger partial charge in [0.15, 0.2) is 0 Å². The Balaban J connectivity index is 1.36. The zero-order valence-corrected chi connectivity index (χ0v) is 21.9. The Morgan fingerprint density at radius 2 is 1.57 bits per heavy atom. The van der Waals surface area contributed by atoms with Gasteiger partial charge in [-0.25, -0.2) is 12.8 Å². The number of nitrogens with zero attached hydrogens (tertiary/aromatic N) is 2. The van der Waals surface area contributed by atoms with Gasteiger partial charge in [-0.1, -0.05) is 66.7 Å². The van der Waals surface area contributed by atoms with E-state index in [0.29, 0.717) is 17.8 Å². The van der Waals surface area contributed by atoms with Gasteiger partial charge in [-0.15, -0.1) is 0 Å². The second-order valence-electron chi connectivity index (χ2n) is 9.60. The Morgan fingerprint density at radius 3 is 2.22 bits per heavy atom. The third kappa shape index (κ3) is 7.40. The topological polar surface area (TPSA) is 69.7 Å². The highest BCUT2D eigenvalue weighted by atomic mass is 32.2. The van der Waals surface area contributed by atoms with Gasteiger partial charge in [0.05, 0.1) is 17.9 Å². The number of anilines is 1. The number of likely N-dealkylation sites (tertiary alicyclic amines) is 1. The second kappa shape index (κ2) is 12.3. The number of carbonyl (C=O) groups is 1. The molecule has 1 aliphatic rings. The normalized spacial score (nSPS) is 15.7. The molecule has 0 aliphatic carbocycles. The van der Waals surface area contributed by atoms with Crippen LogP contribution in [-0.2, 0) is 27.0 Å². The maximum atomic E-state index is 13.9. The van der Waals surface area contributed by atoms with Crippen molar-refractivity contribution in [2.75, 3.05) is 23.9 Å². The monoisotopic (exact) mass is 523 g/mol. The van der Waals surface area contributed by atoms with Crippen molar-refractivity contribution in [1.82, 2.24) is 10.2 Å². The van der Waals surface area contributed by atoms with E-state index in [9.17, 15) is 17.6 Å². The van der Waals surface area contributed by atoms with Gasteiger partial charge in [-0.3, -0.25) is 14.0 Å². The molecule has 4 rings (SSSR count). The predicted octanol–water partition coefficient (Wildman–Crippen LogP) is 4.37. The lowest BCUT2D eigenvalue weighted by atomic mass is 10.0. The third-order valence-electron chi connectivity index (χ3n) is 6.83. The molecule has 1 saturated heterocycles. The number of para-hydroxylation sites is 1. The number of amides is 1. The molecule has 0 unspecified atom stereocenters. The number of carbonyl (C=O) groups excluding carboxylic acids is 1. The standard InChI is InChI=1S/C29H34FN3O3S/c1-23(32-18-16-26(17-19-32)31-29(34)20-25-12-8-9-15-28(25)30)21-33(27-13-6-3-7-14-27)37(35,36)22-24-10-4-2-5-11-24/h2-15,23,26H,16-22H2,1H3,(H,31,34)/t23-/m0/s1. The number of rotatable bonds is 10. The van der Waals surface area contributed by atoms with Gasteiger partial charge in [0, 0.05) is 31.7 Å². The van der Waals surface area contributed by atoms with E-state index < -0.39 is 10.0 Å². The van der Waals surface area contributed by atoms with E-state index in [1.807, 2.05) is 67.6 Å². The maximum Gasteiger partial charge on any atom is 0.239 e. The lowest BCUT2D eigenvalue weighted by Gasteiger charge is -2.38. The Hall–Kier alpha value is -3.23. The molecular weight excluding hydrogens is 489 g/mol. The average Bonchev–Trinajstić information content (AvgIpc) is 2.89. The third-order valence-corrected chi connectivity index (χ3v) is 8.56. The van der Waals surface area contributed by atoms with Crippen LogP contribution in [0.4, 0.5) is 10.1 Å². The van der Waals surface area contributed by atoms with Crippen molar-refractivity contribution in [3.05, 3.63) is 102 Å². The van der Waals surface area contributed by atoms with Crippen LogP contribution in [0.1, 0.15) is 30.9 Å². The highest BCUT2D eigenvalue weighted by Crippen LogP contribution is 2.23. The SMILES string of the molecule is C[C@@H](CN(c1ccccc1)S(=O)(=O)Cc1ccccc1)N1CCC(NC(=O)Cc2ccccc2F)CC1. The summed E-state index contributed by atoms with van der Waals surface area (Å²) in [5.41, 5.74) is 1.80. The molecule has 1 heterocycles. The van der Waals surface area contributed by atoms with Crippen molar-refractivity contribution < 1.29 is 17.6 Å². The van der Waals surface area contributed by atoms with Crippen LogP contribution in [0.2, 0.25) is 0 Å². The first kappa shape index (κ1) is 26.8. The van der Waals surface area contributed by atoms with Crippen molar-refractivity contribution in [3.8, 4) is 0 Å². The molecule has 37 heavy (non-hydrogen) atoms. The number of hydrogen-bond donors (Lipinski definition) is 1. The van der Waals surface area contributed by atoms with Gasteiger partial charge >= 0.3 is 0 Å². The molecule has 8 heteroatoms. The summed E-state index contributed by atoms with van der Waals surface area (Å²) < 4.78 is 42.4. The first-order valence-electron chi connectivity index (χ1n) is 12.7. The predicted molar refractivity (Wildman–Crippen MR) is 145 cm³/mol. The lowest BCUT2D eigenvalue weighted by molar-refractivity contribution is -0.121. The molecule has 6 nitrogen and oxygen atoms in total. The van der Waals surface area contributed by atoms with E-state index in [2.05, 4.69) is 10.2 Å². The summed E-state index contributed by atoms with van der Waals surface area (Å²) in [7, 11) is -3.60. The van der Waals surface area contributed by atoms with Crippen LogP contribution in [0.3, 0.4) is 0 Å². The number of sulfonamides is 1. The fraction of sp³-hybridized carbons (Fsp3) is 0.345. The molecule has 1 N–H and O–H groups in total.